The molecule has 0 amide bonds. The van der Waals surface area contributed by atoms with Crippen molar-refractivity contribution in [2.24, 2.45) is 0 Å². The van der Waals surface area contributed by atoms with Crippen LogP contribution in [0.3, 0.4) is 0 Å². The molecular formula is C20H12Cl2F6N4O3S2. The van der Waals surface area contributed by atoms with E-state index in [9.17, 15) is 44.2 Å². The summed E-state index contributed by atoms with van der Waals surface area (Å²) in [6, 6.07) is 9.52. The van der Waals surface area contributed by atoms with Crippen molar-refractivity contribution in [2.45, 2.75) is 22.3 Å². The van der Waals surface area contributed by atoms with Gasteiger partial charge in [-0.15, -0.1) is 0 Å². The van der Waals surface area contributed by atoms with Crippen LogP contribution in [0.2, 0.25) is 10.0 Å². The standard InChI is InChI=1S/C20H12Cl2F6N4O3S2/c1-31(37(34,35)10-11-5-3-2-4-6-11)18-17(36(33)20(26,27)28)15(9-29)30-32(18)16-13(21)7-12(8-14(16)22)19(23,24)25/h2-8H,10H2,1H3. The van der Waals surface area contributed by atoms with Gasteiger partial charge in [-0.3, -0.25) is 4.31 Å². The van der Waals surface area contributed by atoms with Crippen LogP contribution in [0.25, 0.3) is 5.69 Å². The summed E-state index contributed by atoms with van der Waals surface area (Å²) in [5, 5.41) is 11.4. The summed E-state index contributed by atoms with van der Waals surface area (Å²) in [4.78, 5) is -1.35. The number of alkyl halides is 6. The second-order valence-corrected chi connectivity index (χ2v) is 11.5. The van der Waals surface area contributed by atoms with Gasteiger partial charge in [-0.05, 0) is 17.7 Å². The molecule has 0 N–H and O–H groups in total. The molecule has 0 aliphatic rings. The minimum absolute atomic E-state index is 0.227. The molecule has 0 fully saturated rings. The normalized spacial score (nSPS) is 13.3. The van der Waals surface area contributed by atoms with E-state index in [1.54, 1.807) is 6.07 Å². The Balaban J connectivity index is 2.36. The summed E-state index contributed by atoms with van der Waals surface area (Å²) in [6.45, 7) is 0. The SMILES string of the molecule is CN(c1c(S(=O)C(F)(F)F)c(C#N)nn1-c1c(Cl)cc(C(F)(F)F)cc1Cl)S(=O)(=O)Cc1ccccc1. The Kier molecular flexibility index (Phi) is 7.90. The average Bonchev–Trinajstić information content (AvgIpc) is 3.15. The third-order valence-corrected chi connectivity index (χ3v) is 8.23. The van der Waals surface area contributed by atoms with Crippen LogP contribution in [-0.4, -0.2) is 35.0 Å². The molecule has 3 rings (SSSR count). The lowest BCUT2D eigenvalue weighted by molar-refractivity contribution is -0.137. The predicted octanol–water partition coefficient (Wildman–Crippen LogP) is 5.66. The fourth-order valence-electron chi connectivity index (χ4n) is 3.13. The molecule has 1 heterocycles. The van der Waals surface area contributed by atoms with Gasteiger partial charge in [0.1, 0.15) is 16.7 Å². The van der Waals surface area contributed by atoms with E-state index in [0.29, 0.717) is 16.8 Å². The number of hydrogen-bond acceptors (Lipinski definition) is 5. The molecule has 0 aliphatic heterocycles. The number of benzene rings is 2. The van der Waals surface area contributed by atoms with Crippen LogP contribution in [0, 0.1) is 11.3 Å². The van der Waals surface area contributed by atoms with Crippen LogP contribution < -0.4 is 4.31 Å². The number of aromatic nitrogens is 2. The highest BCUT2D eigenvalue weighted by molar-refractivity contribution is 7.92. The number of halogens is 8. The van der Waals surface area contributed by atoms with E-state index < -0.39 is 76.0 Å². The summed E-state index contributed by atoms with van der Waals surface area (Å²) < 4.78 is 119. The van der Waals surface area contributed by atoms with Crippen molar-refractivity contribution in [1.82, 2.24) is 9.78 Å². The van der Waals surface area contributed by atoms with Gasteiger partial charge < -0.3 is 0 Å². The van der Waals surface area contributed by atoms with Gasteiger partial charge in [0, 0.05) is 7.05 Å². The van der Waals surface area contributed by atoms with Crippen molar-refractivity contribution in [1.29, 1.82) is 5.26 Å². The minimum Gasteiger partial charge on any atom is -0.255 e. The Morgan fingerprint density at radius 2 is 1.62 bits per heavy atom. The highest BCUT2D eigenvalue weighted by atomic mass is 35.5. The van der Waals surface area contributed by atoms with Gasteiger partial charge in [-0.25, -0.2) is 17.3 Å². The summed E-state index contributed by atoms with van der Waals surface area (Å²) in [5.74, 6) is -1.80. The zero-order valence-corrected chi connectivity index (χ0v) is 21.2. The topological polar surface area (TPSA) is 96.1 Å². The van der Waals surface area contributed by atoms with Crippen molar-refractivity contribution >= 4 is 49.8 Å². The maximum atomic E-state index is 13.5. The van der Waals surface area contributed by atoms with E-state index in [2.05, 4.69) is 5.10 Å². The van der Waals surface area contributed by atoms with E-state index in [1.165, 1.54) is 30.3 Å². The van der Waals surface area contributed by atoms with Crippen LogP contribution in [0.4, 0.5) is 32.2 Å². The first-order valence-electron chi connectivity index (χ1n) is 9.58. The van der Waals surface area contributed by atoms with Crippen molar-refractivity contribution in [3.8, 4) is 11.8 Å². The van der Waals surface area contributed by atoms with E-state index >= 15 is 0 Å². The summed E-state index contributed by atoms with van der Waals surface area (Å²) in [5.41, 5.74) is -8.34. The maximum Gasteiger partial charge on any atom is 0.476 e. The van der Waals surface area contributed by atoms with Gasteiger partial charge in [0.25, 0.3) is 0 Å². The lowest BCUT2D eigenvalue weighted by Crippen LogP contribution is -2.31. The number of nitrogens with zero attached hydrogens (tertiary/aromatic N) is 4. The first-order valence-corrected chi connectivity index (χ1v) is 13.1. The highest BCUT2D eigenvalue weighted by Gasteiger charge is 2.45. The molecule has 0 radical (unpaired) electrons. The van der Waals surface area contributed by atoms with E-state index in [4.69, 9.17) is 23.2 Å². The van der Waals surface area contributed by atoms with Crippen molar-refractivity contribution in [3.05, 3.63) is 69.3 Å². The fraction of sp³-hybridized carbons (Fsp3) is 0.200. The molecule has 1 unspecified atom stereocenters. The van der Waals surface area contributed by atoms with Crippen LogP contribution >= 0.6 is 23.2 Å². The molecule has 198 valence electrons. The van der Waals surface area contributed by atoms with Gasteiger partial charge in [-0.2, -0.15) is 36.7 Å². The fourth-order valence-corrected chi connectivity index (χ4v) is 5.96. The van der Waals surface area contributed by atoms with Crippen molar-refractivity contribution in [3.63, 3.8) is 0 Å². The third kappa shape index (κ3) is 5.87. The van der Waals surface area contributed by atoms with Gasteiger partial charge in [0.15, 0.2) is 22.3 Å². The van der Waals surface area contributed by atoms with Crippen LogP contribution in [0.1, 0.15) is 16.8 Å². The van der Waals surface area contributed by atoms with Crippen molar-refractivity contribution in [2.75, 3.05) is 11.4 Å². The lowest BCUT2D eigenvalue weighted by Gasteiger charge is -2.23. The number of rotatable bonds is 6. The molecule has 0 saturated heterocycles. The largest absolute Gasteiger partial charge is 0.476 e. The van der Waals surface area contributed by atoms with Gasteiger partial charge in [0.2, 0.25) is 10.0 Å². The van der Waals surface area contributed by atoms with Gasteiger partial charge >= 0.3 is 11.7 Å². The van der Waals surface area contributed by atoms with Gasteiger partial charge in [-0.1, -0.05) is 53.5 Å². The molecule has 0 aliphatic carbocycles. The molecule has 1 atom stereocenters. The lowest BCUT2D eigenvalue weighted by atomic mass is 10.2. The molecule has 1 aromatic heterocycles. The Labute approximate surface area is 218 Å². The first kappa shape index (κ1) is 28.8. The molecule has 0 bridgehead atoms. The quantitative estimate of drug-likeness (QED) is 0.338. The molecule has 7 nitrogen and oxygen atoms in total. The summed E-state index contributed by atoms with van der Waals surface area (Å²) in [7, 11) is -7.74. The van der Waals surface area contributed by atoms with Gasteiger partial charge in [0.05, 0.1) is 21.4 Å². The van der Waals surface area contributed by atoms with Crippen molar-refractivity contribution < 1.29 is 39.0 Å². The van der Waals surface area contributed by atoms with E-state index in [0.717, 1.165) is 7.05 Å². The molecule has 17 heteroatoms. The zero-order valence-electron chi connectivity index (χ0n) is 18.1. The predicted molar refractivity (Wildman–Crippen MR) is 123 cm³/mol. The monoisotopic (exact) mass is 604 g/mol. The molecule has 0 saturated carbocycles. The maximum absolute atomic E-state index is 13.5. The Morgan fingerprint density at radius 3 is 2.08 bits per heavy atom. The highest BCUT2D eigenvalue weighted by Crippen LogP contribution is 2.42. The number of hydrogen-bond donors (Lipinski definition) is 0. The second-order valence-electron chi connectivity index (χ2n) is 7.23. The third-order valence-electron chi connectivity index (χ3n) is 4.78. The first-order chi connectivity index (χ1) is 17.0. The second kappa shape index (κ2) is 10.2. The minimum atomic E-state index is -5.47. The molecule has 37 heavy (non-hydrogen) atoms. The van der Waals surface area contributed by atoms with E-state index in [-0.39, 0.29) is 9.87 Å². The zero-order chi connectivity index (χ0) is 27.9. The molecular weight excluding hydrogens is 593 g/mol. The molecule has 2 aromatic carbocycles. The van der Waals surface area contributed by atoms with Crippen LogP contribution in [0.5, 0.6) is 0 Å². The molecule has 0 spiro atoms. The summed E-state index contributed by atoms with van der Waals surface area (Å²) in [6.07, 6.45) is -4.91. The Hall–Kier alpha value is -2.80. The number of sulfonamides is 1. The van der Waals surface area contributed by atoms with Crippen LogP contribution in [-0.2, 0) is 32.8 Å². The number of anilines is 1. The Bertz CT molecular complexity index is 1490. The summed E-state index contributed by atoms with van der Waals surface area (Å²) >= 11 is 12.0. The molecule has 3 aromatic rings. The Morgan fingerprint density at radius 1 is 1.08 bits per heavy atom. The number of nitriles is 1. The average molecular weight is 605 g/mol. The smallest absolute Gasteiger partial charge is 0.255 e. The van der Waals surface area contributed by atoms with Crippen LogP contribution in [0.15, 0.2) is 47.4 Å². The van der Waals surface area contributed by atoms with E-state index in [1.807, 2.05) is 0 Å².